The van der Waals surface area contributed by atoms with Gasteiger partial charge in [0.1, 0.15) is 5.82 Å². The van der Waals surface area contributed by atoms with E-state index in [1.807, 2.05) is 0 Å². The zero-order chi connectivity index (χ0) is 14.8. The summed E-state index contributed by atoms with van der Waals surface area (Å²) < 4.78 is 43.7. The van der Waals surface area contributed by atoms with Gasteiger partial charge in [-0.05, 0) is 18.8 Å². The lowest BCUT2D eigenvalue weighted by Crippen LogP contribution is -2.23. The summed E-state index contributed by atoms with van der Waals surface area (Å²) in [6, 6.07) is 0. The van der Waals surface area contributed by atoms with Crippen molar-refractivity contribution in [3.05, 3.63) is 23.3 Å². The fourth-order valence-corrected chi connectivity index (χ4v) is 2.12. The van der Waals surface area contributed by atoms with Crippen LogP contribution in [0.4, 0.5) is 13.2 Å². The Hall–Kier alpha value is -1.70. The molecule has 8 heteroatoms. The summed E-state index contributed by atoms with van der Waals surface area (Å²) >= 11 is 0. The largest absolute Gasteiger partial charge is 0.434 e. The van der Waals surface area contributed by atoms with Gasteiger partial charge in [0.2, 0.25) is 0 Å². The molecule has 1 aromatic heterocycles. The van der Waals surface area contributed by atoms with Crippen LogP contribution in [0.15, 0.2) is 6.20 Å². The molecule has 1 aliphatic rings. The van der Waals surface area contributed by atoms with E-state index in [9.17, 15) is 18.0 Å². The van der Waals surface area contributed by atoms with Gasteiger partial charge in [-0.25, -0.2) is 9.97 Å². The molecule has 0 radical (unpaired) electrons. The van der Waals surface area contributed by atoms with Crippen LogP contribution in [0.3, 0.4) is 0 Å². The molecule has 1 aliphatic heterocycles. The van der Waals surface area contributed by atoms with Crippen molar-refractivity contribution in [1.29, 1.82) is 0 Å². The van der Waals surface area contributed by atoms with Crippen molar-refractivity contribution in [3.8, 4) is 0 Å². The fraction of sp³-hybridized carbons (Fsp3) is 0.583. The minimum atomic E-state index is -4.72. The van der Waals surface area contributed by atoms with Crippen molar-refractivity contribution in [2.45, 2.75) is 25.4 Å². The number of hydrogen-bond donors (Lipinski definition) is 1. The van der Waals surface area contributed by atoms with Crippen molar-refractivity contribution in [2.24, 2.45) is 11.7 Å². The average Bonchev–Trinajstić information content (AvgIpc) is 2.38. The second-order valence-corrected chi connectivity index (χ2v) is 4.67. The van der Waals surface area contributed by atoms with E-state index in [0.29, 0.717) is 19.6 Å². The average molecular weight is 289 g/mol. The van der Waals surface area contributed by atoms with Gasteiger partial charge in [0.25, 0.3) is 5.91 Å². The van der Waals surface area contributed by atoms with E-state index >= 15 is 0 Å². The highest BCUT2D eigenvalue weighted by molar-refractivity contribution is 5.93. The van der Waals surface area contributed by atoms with Gasteiger partial charge >= 0.3 is 6.18 Å². The Morgan fingerprint density at radius 1 is 1.40 bits per heavy atom. The van der Waals surface area contributed by atoms with E-state index in [2.05, 4.69) is 9.97 Å². The first-order chi connectivity index (χ1) is 9.38. The van der Waals surface area contributed by atoms with Gasteiger partial charge in [0.15, 0.2) is 5.69 Å². The highest BCUT2D eigenvalue weighted by Gasteiger charge is 2.37. The van der Waals surface area contributed by atoms with Crippen molar-refractivity contribution < 1.29 is 22.7 Å². The number of nitrogens with zero attached hydrogens (tertiary/aromatic N) is 2. The molecule has 5 nitrogen and oxygen atoms in total. The van der Waals surface area contributed by atoms with Gasteiger partial charge in [0, 0.05) is 25.8 Å². The molecule has 0 bridgehead atoms. The molecular formula is C12H14F3N3O2. The van der Waals surface area contributed by atoms with Crippen LogP contribution < -0.4 is 5.73 Å². The Labute approximate surface area is 113 Å². The number of aromatic nitrogens is 2. The molecule has 0 aliphatic carbocycles. The van der Waals surface area contributed by atoms with Gasteiger partial charge in [-0.3, -0.25) is 4.79 Å². The number of carbonyl (C=O) groups is 1. The topological polar surface area (TPSA) is 78.1 Å². The van der Waals surface area contributed by atoms with Gasteiger partial charge in [-0.15, -0.1) is 0 Å². The molecule has 0 saturated carbocycles. The molecule has 0 aromatic carbocycles. The number of primary amides is 1. The minimum Gasteiger partial charge on any atom is -0.381 e. The van der Waals surface area contributed by atoms with Crippen LogP contribution in [0.1, 0.15) is 34.7 Å². The molecule has 20 heavy (non-hydrogen) atoms. The lowest BCUT2D eigenvalue weighted by molar-refractivity contribution is -0.141. The molecule has 0 spiro atoms. The van der Waals surface area contributed by atoms with Crippen LogP contribution in [0.2, 0.25) is 0 Å². The third-order valence-corrected chi connectivity index (χ3v) is 3.18. The zero-order valence-electron chi connectivity index (χ0n) is 10.6. The molecule has 2 N–H and O–H groups in total. The van der Waals surface area contributed by atoms with Crippen molar-refractivity contribution >= 4 is 5.91 Å². The molecular weight excluding hydrogens is 275 g/mol. The molecule has 1 aromatic rings. The minimum absolute atomic E-state index is 0.0780. The van der Waals surface area contributed by atoms with Crippen molar-refractivity contribution in [2.75, 3.05) is 13.2 Å². The second-order valence-electron chi connectivity index (χ2n) is 4.67. The van der Waals surface area contributed by atoms with E-state index in [4.69, 9.17) is 10.5 Å². The van der Waals surface area contributed by atoms with Gasteiger partial charge in [-0.2, -0.15) is 13.2 Å². The molecule has 1 amide bonds. The van der Waals surface area contributed by atoms with E-state index in [1.54, 1.807) is 0 Å². The first-order valence-corrected chi connectivity index (χ1v) is 6.18. The quantitative estimate of drug-likeness (QED) is 0.916. The maximum atomic E-state index is 12.8. The van der Waals surface area contributed by atoms with Crippen LogP contribution in [0.5, 0.6) is 0 Å². The molecule has 110 valence electrons. The predicted octanol–water partition coefficient (Wildman–Crippen LogP) is 1.56. The first kappa shape index (κ1) is 14.7. The monoisotopic (exact) mass is 289 g/mol. The Balaban J connectivity index is 2.25. The number of ether oxygens (including phenoxy) is 1. The smallest absolute Gasteiger partial charge is 0.381 e. The van der Waals surface area contributed by atoms with E-state index in [-0.39, 0.29) is 11.7 Å². The number of nitrogens with two attached hydrogens (primary N) is 1. The maximum absolute atomic E-state index is 12.8. The van der Waals surface area contributed by atoms with E-state index in [0.717, 1.165) is 19.0 Å². The van der Waals surface area contributed by atoms with Crippen molar-refractivity contribution in [1.82, 2.24) is 9.97 Å². The number of alkyl halides is 3. The molecule has 1 fully saturated rings. The normalized spacial score (nSPS) is 17.1. The third-order valence-electron chi connectivity index (χ3n) is 3.18. The summed E-state index contributed by atoms with van der Waals surface area (Å²) in [6.45, 7) is 1.19. The van der Waals surface area contributed by atoms with E-state index in [1.165, 1.54) is 0 Å². The fourth-order valence-electron chi connectivity index (χ4n) is 2.12. The standard InChI is InChI=1S/C12H14F3N3O2/c13-12(14,15)10-8(11(16)19)6-17-9(18-10)5-7-1-3-20-4-2-7/h6-7H,1-5H2,(H2,16,19). The Bertz CT molecular complexity index is 499. The summed E-state index contributed by atoms with van der Waals surface area (Å²) in [6.07, 6.45) is -2.00. The molecule has 0 unspecified atom stereocenters. The van der Waals surface area contributed by atoms with Gasteiger partial charge in [0.05, 0.1) is 5.56 Å². The summed E-state index contributed by atoms with van der Waals surface area (Å²) in [5, 5.41) is 0. The number of hydrogen-bond acceptors (Lipinski definition) is 4. The number of carbonyl (C=O) groups excluding carboxylic acids is 1. The summed E-state index contributed by atoms with van der Waals surface area (Å²) in [5.74, 6) is -0.909. The highest BCUT2D eigenvalue weighted by Crippen LogP contribution is 2.30. The SMILES string of the molecule is NC(=O)c1cnc(CC2CCOCC2)nc1C(F)(F)F. The predicted molar refractivity (Wildman–Crippen MR) is 62.8 cm³/mol. The van der Waals surface area contributed by atoms with Crippen molar-refractivity contribution in [3.63, 3.8) is 0 Å². The first-order valence-electron chi connectivity index (χ1n) is 6.18. The van der Waals surface area contributed by atoms with Crippen LogP contribution in [0, 0.1) is 5.92 Å². The van der Waals surface area contributed by atoms with Gasteiger partial charge < -0.3 is 10.5 Å². The van der Waals surface area contributed by atoms with Crippen LogP contribution in [0.25, 0.3) is 0 Å². The summed E-state index contributed by atoms with van der Waals surface area (Å²) in [4.78, 5) is 18.3. The van der Waals surface area contributed by atoms with Gasteiger partial charge in [-0.1, -0.05) is 0 Å². The van der Waals surface area contributed by atoms with Crippen LogP contribution in [-0.2, 0) is 17.3 Å². The number of rotatable bonds is 3. The Morgan fingerprint density at radius 2 is 2.05 bits per heavy atom. The summed E-state index contributed by atoms with van der Waals surface area (Å²) in [5.41, 5.74) is 2.95. The highest BCUT2D eigenvalue weighted by atomic mass is 19.4. The maximum Gasteiger partial charge on any atom is 0.434 e. The molecule has 1 saturated heterocycles. The number of amides is 1. The second kappa shape index (κ2) is 5.74. The Morgan fingerprint density at radius 3 is 2.60 bits per heavy atom. The molecule has 2 rings (SSSR count). The van der Waals surface area contributed by atoms with E-state index < -0.39 is 23.3 Å². The number of halogens is 3. The van der Waals surface area contributed by atoms with Crippen LogP contribution >= 0.6 is 0 Å². The lowest BCUT2D eigenvalue weighted by atomic mass is 9.96. The summed E-state index contributed by atoms with van der Waals surface area (Å²) in [7, 11) is 0. The third kappa shape index (κ3) is 3.44. The van der Waals surface area contributed by atoms with Crippen LogP contribution in [-0.4, -0.2) is 29.1 Å². The zero-order valence-corrected chi connectivity index (χ0v) is 10.6. The lowest BCUT2D eigenvalue weighted by Gasteiger charge is -2.21. The molecule has 0 atom stereocenters. The Kier molecular flexibility index (Phi) is 4.22. The molecule has 2 heterocycles.